The zero-order chi connectivity index (χ0) is 10.3. The molecule has 0 spiro atoms. The molecule has 0 rings (SSSR count). The first-order valence-electron chi connectivity index (χ1n) is 4.35. The number of hydrogen-bond donors (Lipinski definition) is 0. The number of carbonyl (C=O) groups is 2. The van der Waals surface area contributed by atoms with Crippen molar-refractivity contribution in [2.75, 3.05) is 20.3 Å². The molecule has 0 N–H and O–H groups in total. The van der Waals surface area contributed by atoms with Gasteiger partial charge in [0, 0.05) is 7.11 Å². The number of hydrogen-bond acceptors (Lipinski definition) is 4. The van der Waals surface area contributed by atoms with Crippen molar-refractivity contribution >= 4 is 11.8 Å². The van der Waals surface area contributed by atoms with Gasteiger partial charge in [0.05, 0.1) is 6.61 Å². The molecule has 0 saturated heterocycles. The van der Waals surface area contributed by atoms with E-state index in [4.69, 9.17) is 4.74 Å². The lowest BCUT2D eigenvalue weighted by molar-refractivity contribution is -0.152. The molecule has 0 unspecified atom stereocenters. The number of esters is 1. The number of rotatable bonds is 6. The van der Waals surface area contributed by atoms with Gasteiger partial charge in [-0.3, -0.25) is 9.59 Å². The first-order chi connectivity index (χ1) is 6.17. The Morgan fingerprint density at radius 3 is 2.31 bits per heavy atom. The monoisotopic (exact) mass is 188 g/mol. The second kappa shape index (κ2) is 6.60. The van der Waals surface area contributed by atoms with Crippen molar-refractivity contribution in [3.8, 4) is 0 Å². The molecular formula is C9H16O4. The molecule has 76 valence electrons. The fourth-order valence-corrected chi connectivity index (χ4v) is 1.01. The molecule has 0 bridgehead atoms. The molecule has 4 nitrogen and oxygen atoms in total. The molecule has 0 aromatic rings. The number of ketones is 1. The van der Waals surface area contributed by atoms with Gasteiger partial charge in [-0.1, -0.05) is 6.92 Å². The van der Waals surface area contributed by atoms with E-state index in [9.17, 15) is 9.59 Å². The van der Waals surface area contributed by atoms with Crippen molar-refractivity contribution < 1.29 is 19.1 Å². The molecule has 13 heavy (non-hydrogen) atoms. The molecule has 0 radical (unpaired) electrons. The number of methoxy groups -OCH3 is 1. The van der Waals surface area contributed by atoms with E-state index in [0.29, 0.717) is 13.0 Å². The Bertz CT molecular complexity index is 158. The fraction of sp³-hybridized carbons (Fsp3) is 0.778. The van der Waals surface area contributed by atoms with E-state index in [1.807, 2.05) is 0 Å². The van der Waals surface area contributed by atoms with Gasteiger partial charge >= 0.3 is 5.97 Å². The van der Waals surface area contributed by atoms with Crippen molar-refractivity contribution in [3.05, 3.63) is 0 Å². The van der Waals surface area contributed by atoms with Crippen LogP contribution in [0.4, 0.5) is 0 Å². The molecule has 0 heterocycles. The average molecular weight is 188 g/mol. The predicted octanol–water partition coefficient (Wildman–Crippen LogP) is 0.791. The minimum absolute atomic E-state index is 0.0304. The third-order valence-electron chi connectivity index (χ3n) is 1.65. The van der Waals surface area contributed by atoms with Crippen LogP contribution in [0.3, 0.4) is 0 Å². The summed E-state index contributed by atoms with van der Waals surface area (Å²) in [6, 6.07) is 0. The van der Waals surface area contributed by atoms with Crippen LogP contribution in [-0.2, 0) is 19.1 Å². The summed E-state index contributed by atoms with van der Waals surface area (Å²) in [7, 11) is 1.43. The van der Waals surface area contributed by atoms with E-state index in [-0.39, 0.29) is 12.4 Å². The van der Waals surface area contributed by atoms with Crippen LogP contribution in [0.2, 0.25) is 0 Å². The minimum atomic E-state index is -0.667. The van der Waals surface area contributed by atoms with Gasteiger partial charge in [-0.2, -0.15) is 0 Å². The highest BCUT2D eigenvalue weighted by atomic mass is 16.5. The Kier molecular flexibility index (Phi) is 6.14. The molecular weight excluding hydrogens is 172 g/mol. The highest BCUT2D eigenvalue weighted by Gasteiger charge is 2.25. The van der Waals surface area contributed by atoms with Crippen LogP contribution in [0.15, 0.2) is 0 Å². The summed E-state index contributed by atoms with van der Waals surface area (Å²) in [6.45, 7) is 3.76. The fourth-order valence-electron chi connectivity index (χ4n) is 1.01. The van der Waals surface area contributed by atoms with Crippen LogP contribution in [0.5, 0.6) is 0 Å². The topological polar surface area (TPSA) is 52.6 Å². The molecule has 0 aliphatic carbocycles. The molecule has 0 fully saturated rings. The lowest BCUT2D eigenvalue weighted by Gasteiger charge is -2.11. The normalized spacial score (nSPS) is 12.2. The van der Waals surface area contributed by atoms with Crippen LogP contribution in [0, 0.1) is 5.92 Å². The van der Waals surface area contributed by atoms with E-state index < -0.39 is 11.9 Å². The van der Waals surface area contributed by atoms with E-state index in [1.54, 1.807) is 13.8 Å². The van der Waals surface area contributed by atoms with Gasteiger partial charge in [0.25, 0.3) is 0 Å². The SMILES string of the molecule is CCOC(=O)[C@H](CC)C(=O)COC. The highest BCUT2D eigenvalue weighted by molar-refractivity contribution is 5.99. The average Bonchev–Trinajstić information content (AvgIpc) is 2.06. The largest absolute Gasteiger partial charge is 0.465 e. The Morgan fingerprint density at radius 2 is 1.92 bits per heavy atom. The molecule has 1 atom stereocenters. The summed E-state index contributed by atoms with van der Waals surface area (Å²) in [5, 5.41) is 0. The first-order valence-corrected chi connectivity index (χ1v) is 4.35. The van der Waals surface area contributed by atoms with Crippen molar-refractivity contribution in [1.29, 1.82) is 0 Å². The number of Topliss-reactive ketones (excluding diaryl/α,β-unsaturated/α-hetero) is 1. The van der Waals surface area contributed by atoms with Crippen LogP contribution < -0.4 is 0 Å². The standard InChI is InChI=1S/C9H16O4/c1-4-7(8(10)6-12-3)9(11)13-5-2/h7H,4-6H2,1-3H3/t7-/m1/s1. The van der Waals surface area contributed by atoms with Crippen molar-refractivity contribution in [1.82, 2.24) is 0 Å². The Hall–Kier alpha value is -0.900. The van der Waals surface area contributed by atoms with Crippen molar-refractivity contribution in [2.24, 2.45) is 5.92 Å². The van der Waals surface area contributed by atoms with E-state index in [0.717, 1.165) is 0 Å². The third kappa shape index (κ3) is 4.03. The van der Waals surface area contributed by atoms with Gasteiger partial charge in [0.15, 0.2) is 5.78 Å². The van der Waals surface area contributed by atoms with E-state index in [1.165, 1.54) is 7.11 Å². The van der Waals surface area contributed by atoms with Gasteiger partial charge in [0.1, 0.15) is 12.5 Å². The smallest absolute Gasteiger partial charge is 0.316 e. The highest BCUT2D eigenvalue weighted by Crippen LogP contribution is 2.07. The third-order valence-corrected chi connectivity index (χ3v) is 1.65. The zero-order valence-electron chi connectivity index (χ0n) is 8.33. The molecule has 4 heteroatoms. The van der Waals surface area contributed by atoms with Gasteiger partial charge in [-0.15, -0.1) is 0 Å². The first kappa shape index (κ1) is 12.1. The Morgan fingerprint density at radius 1 is 1.31 bits per heavy atom. The molecule has 0 amide bonds. The predicted molar refractivity (Wildman–Crippen MR) is 47.3 cm³/mol. The summed E-state index contributed by atoms with van der Waals surface area (Å²) in [5.74, 6) is -1.34. The summed E-state index contributed by atoms with van der Waals surface area (Å²) in [4.78, 5) is 22.5. The summed E-state index contributed by atoms with van der Waals surface area (Å²) >= 11 is 0. The Labute approximate surface area is 78.2 Å². The van der Waals surface area contributed by atoms with Gasteiger partial charge in [-0.25, -0.2) is 0 Å². The van der Waals surface area contributed by atoms with Gasteiger partial charge < -0.3 is 9.47 Å². The maximum atomic E-state index is 11.3. The molecule has 0 aromatic carbocycles. The van der Waals surface area contributed by atoms with Gasteiger partial charge in [-0.05, 0) is 13.3 Å². The van der Waals surface area contributed by atoms with Gasteiger partial charge in [0.2, 0.25) is 0 Å². The minimum Gasteiger partial charge on any atom is -0.465 e. The number of ether oxygens (including phenoxy) is 2. The molecule has 0 aromatic heterocycles. The lowest BCUT2D eigenvalue weighted by Crippen LogP contribution is -2.28. The summed E-state index contributed by atoms with van der Waals surface area (Å²) in [5.41, 5.74) is 0. The second-order valence-corrected chi connectivity index (χ2v) is 2.61. The van der Waals surface area contributed by atoms with Crippen molar-refractivity contribution in [2.45, 2.75) is 20.3 Å². The summed E-state index contributed by atoms with van der Waals surface area (Å²) in [6.07, 6.45) is 0.459. The van der Waals surface area contributed by atoms with E-state index in [2.05, 4.69) is 4.74 Å². The van der Waals surface area contributed by atoms with Crippen LogP contribution in [0.1, 0.15) is 20.3 Å². The van der Waals surface area contributed by atoms with E-state index >= 15 is 0 Å². The Balaban J connectivity index is 4.15. The molecule has 0 aliphatic rings. The quantitative estimate of drug-likeness (QED) is 0.457. The zero-order valence-corrected chi connectivity index (χ0v) is 8.33. The lowest BCUT2D eigenvalue weighted by atomic mass is 10.0. The maximum absolute atomic E-state index is 11.3. The molecule has 0 saturated carbocycles. The van der Waals surface area contributed by atoms with Crippen LogP contribution >= 0.6 is 0 Å². The number of carbonyl (C=O) groups excluding carboxylic acids is 2. The maximum Gasteiger partial charge on any atom is 0.316 e. The molecule has 0 aliphatic heterocycles. The second-order valence-electron chi connectivity index (χ2n) is 2.61. The summed E-state index contributed by atoms with van der Waals surface area (Å²) < 4.78 is 9.40. The van der Waals surface area contributed by atoms with Crippen LogP contribution in [0.25, 0.3) is 0 Å². The van der Waals surface area contributed by atoms with Crippen LogP contribution in [-0.4, -0.2) is 32.1 Å². The van der Waals surface area contributed by atoms with Crippen molar-refractivity contribution in [3.63, 3.8) is 0 Å².